The van der Waals surface area contributed by atoms with Crippen LogP contribution in [0, 0.1) is 0 Å². The van der Waals surface area contributed by atoms with Gasteiger partial charge in [0.05, 0.1) is 18.9 Å². The molecule has 0 unspecified atom stereocenters. The van der Waals surface area contributed by atoms with Gasteiger partial charge in [-0.3, -0.25) is 4.90 Å². The highest BCUT2D eigenvalue weighted by Gasteiger charge is 2.30. The van der Waals surface area contributed by atoms with Crippen molar-refractivity contribution in [2.24, 2.45) is 0 Å². The van der Waals surface area contributed by atoms with E-state index in [-0.39, 0.29) is 18.9 Å². The number of aryl methyl sites for hydroxylation is 1. The van der Waals surface area contributed by atoms with Crippen molar-refractivity contribution in [3.05, 3.63) is 35.4 Å². The minimum Gasteiger partial charge on any atom is -0.391 e. The summed E-state index contributed by atoms with van der Waals surface area (Å²) in [4.78, 5) is 1.78. The van der Waals surface area contributed by atoms with Crippen LogP contribution in [0.15, 0.2) is 24.3 Å². The number of aliphatic hydroxyl groups excluding tert-OH is 2. The first kappa shape index (κ1) is 10.6. The summed E-state index contributed by atoms with van der Waals surface area (Å²) in [7, 11) is 1.83. The third-order valence-corrected chi connectivity index (χ3v) is 3.15. The second-order valence-corrected chi connectivity index (χ2v) is 4.15. The van der Waals surface area contributed by atoms with Crippen molar-refractivity contribution in [3.8, 4) is 0 Å². The smallest absolute Gasteiger partial charge is 0.0959 e. The molecule has 2 atom stereocenters. The number of hydrogen-bond acceptors (Lipinski definition) is 3. The van der Waals surface area contributed by atoms with Gasteiger partial charge in [-0.05, 0) is 31.0 Å². The van der Waals surface area contributed by atoms with E-state index in [0.717, 1.165) is 18.4 Å². The molecular formula is C12H17NO2. The number of fused-ring (bicyclic) bond motifs is 1. The van der Waals surface area contributed by atoms with Gasteiger partial charge < -0.3 is 10.2 Å². The fraction of sp³-hybridized carbons (Fsp3) is 0.500. The Kier molecular flexibility index (Phi) is 3.05. The minimum atomic E-state index is -0.378. The summed E-state index contributed by atoms with van der Waals surface area (Å²) in [6.07, 6.45) is 1.32. The normalized spacial score (nSPS) is 25.3. The van der Waals surface area contributed by atoms with Crippen molar-refractivity contribution < 1.29 is 10.2 Å². The predicted molar refractivity (Wildman–Crippen MR) is 58.4 cm³/mol. The Hall–Kier alpha value is -0.900. The number of aliphatic hydroxyl groups is 2. The Morgan fingerprint density at radius 3 is 2.87 bits per heavy atom. The van der Waals surface area contributed by atoms with E-state index in [4.69, 9.17) is 5.11 Å². The van der Waals surface area contributed by atoms with Crippen LogP contribution in [0.3, 0.4) is 0 Å². The average Bonchev–Trinajstić information content (AvgIpc) is 2.28. The van der Waals surface area contributed by atoms with Gasteiger partial charge in [-0.15, -0.1) is 0 Å². The van der Waals surface area contributed by atoms with E-state index < -0.39 is 0 Å². The van der Waals surface area contributed by atoms with Crippen LogP contribution in [0.25, 0.3) is 0 Å². The summed E-state index contributed by atoms with van der Waals surface area (Å²) in [5.41, 5.74) is 2.43. The number of rotatable bonds is 2. The van der Waals surface area contributed by atoms with Crippen LogP contribution in [-0.2, 0) is 6.42 Å². The zero-order valence-corrected chi connectivity index (χ0v) is 8.93. The fourth-order valence-corrected chi connectivity index (χ4v) is 2.34. The summed E-state index contributed by atoms with van der Waals surface area (Å²) < 4.78 is 0. The first-order chi connectivity index (χ1) is 7.24. The van der Waals surface area contributed by atoms with Gasteiger partial charge >= 0.3 is 0 Å². The molecular weight excluding hydrogens is 190 g/mol. The monoisotopic (exact) mass is 207 g/mol. The molecule has 3 heteroatoms. The Balaban J connectivity index is 2.37. The largest absolute Gasteiger partial charge is 0.391 e. The highest BCUT2D eigenvalue weighted by atomic mass is 16.3. The molecule has 0 bridgehead atoms. The summed E-state index contributed by atoms with van der Waals surface area (Å²) in [6, 6.07) is 8.07. The molecule has 1 aromatic carbocycles. The molecule has 0 spiro atoms. The molecule has 2 rings (SSSR count). The maximum absolute atomic E-state index is 9.96. The van der Waals surface area contributed by atoms with E-state index in [9.17, 15) is 5.11 Å². The van der Waals surface area contributed by atoms with E-state index in [1.165, 1.54) is 5.56 Å². The number of likely N-dealkylation sites (N-methyl/N-ethyl adjacent to an activating group) is 1. The maximum Gasteiger partial charge on any atom is 0.0959 e. The molecule has 1 aliphatic carbocycles. The second kappa shape index (κ2) is 4.31. The maximum atomic E-state index is 9.96. The Morgan fingerprint density at radius 1 is 1.40 bits per heavy atom. The molecule has 1 aliphatic rings. The van der Waals surface area contributed by atoms with Crippen molar-refractivity contribution in [2.75, 3.05) is 13.8 Å². The zero-order valence-electron chi connectivity index (χ0n) is 8.93. The summed E-state index contributed by atoms with van der Waals surface area (Å²) >= 11 is 0. The van der Waals surface area contributed by atoms with Crippen LogP contribution in [0.5, 0.6) is 0 Å². The van der Waals surface area contributed by atoms with Crippen LogP contribution < -0.4 is 0 Å². The second-order valence-electron chi connectivity index (χ2n) is 4.15. The lowest BCUT2D eigenvalue weighted by atomic mass is 9.85. The van der Waals surface area contributed by atoms with Crippen LogP contribution >= 0.6 is 0 Å². The molecule has 0 amide bonds. The third kappa shape index (κ3) is 1.91. The van der Waals surface area contributed by atoms with Crippen molar-refractivity contribution in [3.63, 3.8) is 0 Å². The Morgan fingerprint density at radius 2 is 2.13 bits per heavy atom. The van der Waals surface area contributed by atoms with Gasteiger partial charge in [0.2, 0.25) is 0 Å². The lowest BCUT2D eigenvalue weighted by molar-refractivity contribution is 0.00577. The Bertz CT molecular complexity index is 340. The molecule has 1 aromatic rings. The van der Waals surface area contributed by atoms with Crippen molar-refractivity contribution >= 4 is 0 Å². The van der Waals surface area contributed by atoms with Gasteiger partial charge in [0.25, 0.3) is 0 Å². The topological polar surface area (TPSA) is 43.7 Å². The quantitative estimate of drug-likeness (QED) is 0.709. The summed E-state index contributed by atoms with van der Waals surface area (Å²) in [6.45, 7) is -0.0317. The molecule has 0 aliphatic heterocycles. The summed E-state index contributed by atoms with van der Waals surface area (Å²) in [5.74, 6) is 0. The van der Waals surface area contributed by atoms with Crippen LogP contribution in [0.4, 0.5) is 0 Å². The number of nitrogens with zero attached hydrogens (tertiary/aromatic N) is 1. The predicted octanol–water partition coefficient (Wildman–Crippen LogP) is 0.916. The van der Waals surface area contributed by atoms with Crippen LogP contribution in [-0.4, -0.2) is 35.0 Å². The third-order valence-electron chi connectivity index (χ3n) is 3.15. The molecule has 0 saturated heterocycles. The molecule has 0 radical (unpaired) electrons. The lowest BCUT2D eigenvalue weighted by Gasteiger charge is -2.35. The number of hydrogen-bond donors (Lipinski definition) is 2. The van der Waals surface area contributed by atoms with Gasteiger partial charge in [-0.2, -0.15) is 0 Å². The lowest BCUT2D eigenvalue weighted by Crippen LogP contribution is -2.37. The van der Waals surface area contributed by atoms with Gasteiger partial charge in [0.1, 0.15) is 0 Å². The van der Waals surface area contributed by atoms with Crippen LogP contribution in [0.2, 0.25) is 0 Å². The molecule has 2 N–H and O–H groups in total. The molecule has 3 nitrogen and oxygen atoms in total. The minimum absolute atomic E-state index is 0.0317. The molecule has 0 heterocycles. The first-order valence-electron chi connectivity index (χ1n) is 5.31. The molecule has 0 fully saturated rings. The SMILES string of the molecule is CN(CO)[C@@H]1c2ccccc2CC[C@H]1O. The summed E-state index contributed by atoms with van der Waals surface area (Å²) in [5, 5.41) is 19.1. The highest BCUT2D eigenvalue weighted by molar-refractivity contribution is 5.33. The standard InChI is InChI=1S/C12H17NO2/c1-13(8-14)12-10-5-3-2-4-9(10)6-7-11(12)15/h2-5,11-12,14-15H,6-8H2,1H3/t11-,12-/m1/s1. The van der Waals surface area contributed by atoms with E-state index in [1.54, 1.807) is 4.90 Å². The number of benzene rings is 1. The van der Waals surface area contributed by atoms with E-state index in [0.29, 0.717) is 0 Å². The molecule has 0 saturated carbocycles. The van der Waals surface area contributed by atoms with Gasteiger partial charge in [0, 0.05) is 0 Å². The fourth-order valence-electron chi connectivity index (χ4n) is 2.34. The van der Waals surface area contributed by atoms with Crippen LogP contribution in [0.1, 0.15) is 23.6 Å². The molecule has 15 heavy (non-hydrogen) atoms. The molecule has 0 aromatic heterocycles. The van der Waals surface area contributed by atoms with Gasteiger partial charge in [-0.25, -0.2) is 0 Å². The highest BCUT2D eigenvalue weighted by Crippen LogP contribution is 2.33. The Labute approximate surface area is 90.0 Å². The average molecular weight is 207 g/mol. The van der Waals surface area contributed by atoms with E-state index in [1.807, 2.05) is 25.2 Å². The first-order valence-corrected chi connectivity index (χ1v) is 5.31. The van der Waals surface area contributed by atoms with Crippen molar-refractivity contribution in [2.45, 2.75) is 25.0 Å². The van der Waals surface area contributed by atoms with Gasteiger partial charge in [-0.1, -0.05) is 24.3 Å². The zero-order chi connectivity index (χ0) is 10.8. The van der Waals surface area contributed by atoms with E-state index in [2.05, 4.69) is 6.07 Å². The van der Waals surface area contributed by atoms with Crippen molar-refractivity contribution in [1.82, 2.24) is 4.90 Å². The van der Waals surface area contributed by atoms with E-state index >= 15 is 0 Å². The molecule has 82 valence electrons. The van der Waals surface area contributed by atoms with Crippen molar-refractivity contribution in [1.29, 1.82) is 0 Å². The van der Waals surface area contributed by atoms with Gasteiger partial charge in [0.15, 0.2) is 0 Å².